The summed E-state index contributed by atoms with van der Waals surface area (Å²) >= 11 is 5.87. The van der Waals surface area contributed by atoms with Crippen molar-refractivity contribution in [3.05, 3.63) is 28.8 Å². The molecule has 0 saturated carbocycles. The topological polar surface area (TPSA) is 95.5 Å². The first-order chi connectivity index (χ1) is 8.81. The number of anilines is 1. The van der Waals surface area contributed by atoms with Crippen LogP contribution in [0.2, 0.25) is 5.02 Å². The van der Waals surface area contributed by atoms with Gasteiger partial charge in [0, 0.05) is 12.6 Å². The van der Waals surface area contributed by atoms with Crippen LogP contribution in [0.1, 0.15) is 24.2 Å². The molecule has 102 valence electrons. The lowest BCUT2D eigenvalue weighted by atomic mass is 10.1. The molecule has 1 rings (SSSR count). The number of benzene rings is 1. The largest absolute Gasteiger partial charge is 0.480 e. The molecule has 0 heterocycles. The Morgan fingerprint density at radius 2 is 1.95 bits per heavy atom. The number of aliphatic carboxylic acids is 1. The molecule has 0 saturated heterocycles. The number of amides is 2. The normalized spacial score (nSPS) is 11.5. The summed E-state index contributed by atoms with van der Waals surface area (Å²) in [5.74, 6) is -2.05. The fraction of sp³-hybridized carbons (Fsp3) is 0.250. The molecule has 2 amide bonds. The van der Waals surface area contributed by atoms with Gasteiger partial charge >= 0.3 is 5.97 Å². The average Bonchev–Trinajstić information content (AvgIpc) is 2.30. The Morgan fingerprint density at radius 1 is 1.32 bits per heavy atom. The van der Waals surface area contributed by atoms with Crippen molar-refractivity contribution >= 4 is 35.1 Å². The first-order valence-corrected chi connectivity index (χ1v) is 5.80. The Bertz CT molecular complexity index is 530. The molecule has 0 unspecified atom stereocenters. The van der Waals surface area contributed by atoms with Gasteiger partial charge in [0.25, 0.3) is 5.91 Å². The predicted molar refractivity (Wildman–Crippen MR) is 70.3 cm³/mol. The summed E-state index contributed by atoms with van der Waals surface area (Å²) in [7, 11) is 0. The van der Waals surface area contributed by atoms with E-state index in [1.54, 1.807) is 6.07 Å². The van der Waals surface area contributed by atoms with E-state index in [1.165, 1.54) is 26.0 Å². The molecule has 6 nitrogen and oxygen atoms in total. The molecule has 0 aliphatic carbocycles. The van der Waals surface area contributed by atoms with Crippen molar-refractivity contribution in [2.45, 2.75) is 19.9 Å². The monoisotopic (exact) mass is 284 g/mol. The van der Waals surface area contributed by atoms with Gasteiger partial charge in [-0.3, -0.25) is 14.4 Å². The second kappa shape index (κ2) is 6.19. The number of carboxylic acids is 1. The van der Waals surface area contributed by atoms with Gasteiger partial charge in [0.05, 0.1) is 10.6 Å². The number of carboxylic acid groups (broad SMARTS) is 1. The van der Waals surface area contributed by atoms with Crippen LogP contribution >= 0.6 is 11.6 Å². The van der Waals surface area contributed by atoms with E-state index in [9.17, 15) is 14.4 Å². The van der Waals surface area contributed by atoms with Crippen molar-refractivity contribution in [1.82, 2.24) is 5.32 Å². The number of nitrogens with one attached hydrogen (secondary N) is 2. The molecule has 1 atom stereocenters. The van der Waals surface area contributed by atoms with Crippen molar-refractivity contribution in [3.63, 3.8) is 0 Å². The maximum atomic E-state index is 11.8. The van der Waals surface area contributed by atoms with Crippen LogP contribution in [0.5, 0.6) is 0 Å². The first-order valence-electron chi connectivity index (χ1n) is 5.42. The number of rotatable bonds is 4. The summed E-state index contributed by atoms with van der Waals surface area (Å²) in [6, 6.07) is 3.34. The Morgan fingerprint density at radius 3 is 2.47 bits per heavy atom. The third-order valence-electron chi connectivity index (χ3n) is 2.25. The molecule has 19 heavy (non-hydrogen) atoms. The molecule has 0 spiro atoms. The molecule has 0 aromatic heterocycles. The lowest BCUT2D eigenvalue weighted by molar-refractivity contribution is -0.138. The van der Waals surface area contributed by atoms with Gasteiger partial charge in [0.15, 0.2) is 0 Å². The molecular formula is C12H13ClN2O4. The third kappa shape index (κ3) is 4.26. The van der Waals surface area contributed by atoms with Crippen LogP contribution in [-0.4, -0.2) is 28.9 Å². The zero-order valence-electron chi connectivity index (χ0n) is 10.4. The zero-order chi connectivity index (χ0) is 14.6. The minimum absolute atomic E-state index is 0.0982. The average molecular weight is 285 g/mol. The Hall–Kier alpha value is -2.08. The molecule has 7 heteroatoms. The van der Waals surface area contributed by atoms with Crippen LogP contribution in [-0.2, 0) is 9.59 Å². The van der Waals surface area contributed by atoms with Gasteiger partial charge in [-0.2, -0.15) is 0 Å². The van der Waals surface area contributed by atoms with Crippen molar-refractivity contribution in [2.75, 3.05) is 5.32 Å². The minimum atomic E-state index is -1.15. The summed E-state index contributed by atoms with van der Waals surface area (Å²) in [4.78, 5) is 33.4. The summed E-state index contributed by atoms with van der Waals surface area (Å²) in [5.41, 5.74) is 0.506. The number of hydrogen-bond acceptors (Lipinski definition) is 3. The summed E-state index contributed by atoms with van der Waals surface area (Å²) in [6.07, 6.45) is 0. The second-order valence-corrected chi connectivity index (χ2v) is 4.32. The van der Waals surface area contributed by atoms with Crippen LogP contribution in [0, 0.1) is 0 Å². The highest BCUT2D eigenvalue weighted by Crippen LogP contribution is 2.20. The van der Waals surface area contributed by atoms with Gasteiger partial charge in [-0.25, -0.2) is 0 Å². The highest BCUT2D eigenvalue weighted by Gasteiger charge is 2.17. The number of hydrogen-bond donors (Lipinski definition) is 3. The van der Waals surface area contributed by atoms with E-state index >= 15 is 0 Å². The second-order valence-electron chi connectivity index (χ2n) is 3.91. The van der Waals surface area contributed by atoms with Gasteiger partial charge in [0.1, 0.15) is 6.04 Å². The minimum Gasteiger partial charge on any atom is -0.480 e. The van der Waals surface area contributed by atoms with Crippen LogP contribution in [0.4, 0.5) is 5.69 Å². The molecule has 0 bridgehead atoms. The maximum absolute atomic E-state index is 11.8. The highest BCUT2D eigenvalue weighted by molar-refractivity contribution is 6.34. The van der Waals surface area contributed by atoms with Crippen LogP contribution in [0.3, 0.4) is 0 Å². The Balaban J connectivity index is 2.95. The molecule has 0 fully saturated rings. The van der Waals surface area contributed by atoms with Crippen LogP contribution < -0.4 is 10.6 Å². The molecule has 0 aliphatic rings. The van der Waals surface area contributed by atoms with E-state index in [4.69, 9.17) is 16.7 Å². The van der Waals surface area contributed by atoms with E-state index in [2.05, 4.69) is 10.6 Å². The lowest BCUT2D eigenvalue weighted by Gasteiger charge is -2.11. The van der Waals surface area contributed by atoms with Gasteiger partial charge in [0.2, 0.25) is 5.91 Å². The van der Waals surface area contributed by atoms with E-state index in [-0.39, 0.29) is 16.5 Å². The zero-order valence-corrected chi connectivity index (χ0v) is 11.1. The Labute approximate surface area is 114 Å². The Kier molecular flexibility index (Phi) is 4.88. The predicted octanol–water partition coefficient (Wildman–Crippen LogP) is 1.50. The van der Waals surface area contributed by atoms with Crippen LogP contribution in [0.25, 0.3) is 0 Å². The molecule has 0 radical (unpaired) electrons. The van der Waals surface area contributed by atoms with Gasteiger partial charge < -0.3 is 15.7 Å². The van der Waals surface area contributed by atoms with Crippen molar-refractivity contribution in [2.24, 2.45) is 0 Å². The van der Waals surface area contributed by atoms with Gasteiger partial charge in [-0.1, -0.05) is 11.6 Å². The maximum Gasteiger partial charge on any atom is 0.325 e. The van der Waals surface area contributed by atoms with Crippen molar-refractivity contribution < 1.29 is 19.5 Å². The standard InChI is InChI=1S/C12H13ClN2O4/c1-6(12(18)19)14-11(17)9-5-8(15-7(2)16)3-4-10(9)13/h3-6H,1-2H3,(H,14,17)(H,15,16)(H,18,19)/t6-/m0/s1. The molecule has 3 N–H and O–H groups in total. The van der Waals surface area contributed by atoms with Gasteiger partial charge in [-0.15, -0.1) is 0 Å². The number of carbonyl (C=O) groups is 3. The molecular weight excluding hydrogens is 272 g/mol. The molecule has 0 aliphatic heterocycles. The van der Waals surface area contributed by atoms with E-state index in [0.29, 0.717) is 5.69 Å². The van der Waals surface area contributed by atoms with E-state index < -0.39 is 17.9 Å². The molecule has 1 aromatic carbocycles. The SMILES string of the molecule is CC(=O)Nc1ccc(Cl)c(C(=O)N[C@@H](C)C(=O)O)c1. The van der Waals surface area contributed by atoms with E-state index in [0.717, 1.165) is 0 Å². The fourth-order valence-electron chi connectivity index (χ4n) is 1.32. The number of halogens is 1. The summed E-state index contributed by atoms with van der Waals surface area (Å²) < 4.78 is 0. The van der Waals surface area contributed by atoms with E-state index in [1.807, 2.05) is 0 Å². The highest BCUT2D eigenvalue weighted by atomic mass is 35.5. The smallest absolute Gasteiger partial charge is 0.325 e. The van der Waals surface area contributed by atoms with Crippen LogP contribution in [0.15, 0.2) is 18.2 Å². The third-order valence-corrected chi connectivity index (χ3v) is 2.58. The fourth-order valence-corrected chi connectivity index (χ4v) is 1.52. The quantitative estimate of drug-likeness (QED) is 0.781. The summed E-state index contributed by atoms with van der Waals surface area (Å²) in [5, 5.41) is 13.7. The van der Waals surface area contributed by atoms with Crippen molar-refractivity contribution in [1.29, 1.82) is 0 Å². The number of carbonyl (C=O) groups excluding carboxylic acids is 2. The first kappa shape index (κ1) is 15.0. The molecule has 1 aromatic rings. The van der Waals surface area contributed by atoms with Gasteiger partial charge in [-0.05, 0) is 25.1 Å². The summed E-state index contributed by atoms with van der Waals surface area (Å²) in [6.45, 7) is 2.67. The van der Waals surface area contributed by atoms with Crippen molar-refractivity contribution in [3.8, 4) is 0 Å². The lowest BCUT2D eigenvalue weighted by Crippen LogP contribution is -2.38.